The molecule has 0 radical (unpaired) electrons. The van der Waals surface area contributed by atoms with Gasteiger partial charge in [-0.1, -0.05) is 30.3 Å². The minimum absolute atomic E-state index is 0.0306. The van der Waals surface area contributed by atoms with E-state index in [4.69, 9.17) is 4.74 Å². The average Bonchev–Trinajstić information content (AvgIpc) is 3.04. The highest BCUT2D eigenvalue weighted by atomic mass is 19.1. The number of fused-ring (bicyclic) bond motifs is 1. The molecule has 1 N–H and O–H groups in total. The first kappa shape index (κ1) is 18.2. The summed E-state index contributed by atoms with van der Waals surface area (Å²) >= 11 is 0. The molecule has 1 aromatic heterocycles. The zero-order chi connectivity index (χ0) is 19.2. The lowest BCUT2D eigenvalue weighted by Gasteiger charge is -2.08. The molecule has 27 heavy (non-hydrogen) atoms. The number of carbonyl (C=O) groups is 1. The normalized spacial score (nSPS) is 11.2. The zero-order valence-electron chi connectivity index (χ0n) is 14.8. The van der Waals surface area contributed by atoms with E-state index < -0.39 is 11.7 Å². The molecule has 3 aromatic rings. The Morgan fingerprint density at radius 1 is 1.26 bits per heavy atom. The van der Waals surface area contributed by atoms with Gasteiger partial charge in [0.15, 0.2) is 11.6 Å². The third-order valence-electron chi connectivity index (χ3n) is 4.14. The van der Waals surface area contributed by atoms with Crippen molar-refractivity contribution in [3.63, 3.8) is 0 Å². The molecule has 0 aliphatic rings. The summed E-state index contributed by atoms with van der Waals surface area (Å²) in [5.74, 6) is -0.625. The summed E-state index contributed by atoms with van der Waals surface area (Å²) in [6.07, 6.45) is 3.42. The van der Waals surface area contributed by atoms with Crippen LogP contribution in [-0.4, -0.2) is 24.1 Å². The lowest BCUT2D eigenvalue weighted by molar-refractivity contribution is -0.116. The van der Waals surface area contributed by atoms with Crippen molar-refractivity contribution >= 4 is 22.9 Å². The number of halogens is 1. The average molecular weight is 363 g/mol. The van der Waals surface area contributed by atoms with Gasteiger partial charge in [-0.15, -0.1) is 0 Å². The van der Waals surface area contributed by atoms with E-state index in [1.165, 1.54) is 13.1 Å². The van der Waals surface area contributed by atoms with Crippen molar-refractivity contribution in [2.24, 2.45) is 0 Å². The Hall–Kier alpha value is -3.59. The highest BCUT2D eigenvalue weighted by Crippen LogP contribution is 2.24. The number of likely N-dealkylation sites (N-methyl/N-ethyl adjacent to an activating group) is 1. The van der Waals surface area contributed by atoms with Gasteiger partial charge in [0.1, 0.15) is 18.2 Å². The monoisotopic (exact) mass is 363 g/mol. The van der Waals surface area contributed by atoms with E-state index in [1.54, 1.807) is 24.3 Å². The minimum Gasteiger partial charge on any atom is -0.489 e. The van der Waals surface area contributed by atoms with Gasteiger partial charge in [0.05, 0.1) is 6.54 Å². The Kier molecular flexibility index (Phi) is 5.53. The van der Waals surface area contributed by atoms with Crippen molar-refractivity contribution in [1.29, 1.82) is 5.26 Å². The SMILES string of the molecule is CNC(=O)/C(C#N)=C/c1cn(CCOc2ccccc2F)c2ccccc12. The third kappa shape index (κ3) is 3.98. The van der Waals surface area contributed by atoms with E-state index in [2.05, 4.69) is 5.32 Å². The molecule has 0 unspecified atom stereocenters. The molecule has 0 aliphatic heterocycles. The fourth-order valence-corrected chi connectivity index (χ4v) is 2.83. The molecule has 0 bridgehead atoms. The number of aromatic nitrogens is 1. The van der Waals surface area contributed by atoms with Gasteiger partial charge in [0.25, 0.3) is 5.91 Å². The summed E-state index contributed by atoms with van der Waals surface area (Å²) < 4.78 is 21.1. The second-order valence-electron chi connectivity index (χ2n) is 5.82. The van der Waals surface area contributed by atoms with Crippen LogP contribution in [0.25, 0.3) is 17.0 Å². The molecule has 6 heteroatoms. The molecular weight excluding hydrogens is 345 g/mol. The lowest BCUT2D eigenvalue weighted by atomic mass is 10.1. The number of rotatable bonds is 6. The Bertz CT molecular complexity index is 1050. The standard InChI is InChI=1S/C21H18FN3O2/c1-24-21(26)15(13-23)12-16-14-25(19-8-4-2-6-17(16)19)10-11-27-20-9-5-3-7-18(20)22/h2-9,12,14H,10-11H2,1H3,(H,24,26)/b15-12+. The minimum atomic E-state index is -0.433. The number of nitriles is 1. The van der Waals surface area contributed by atoms with Crippen LogP contribution < -0.4 is 10.1 Å². The molecule has 0 spiro atoms. The largest absolute Gasteiger partial charge is 0.489 e. The molecule has 1 heterocycles. The van der Waals surface area contributed by atoms with Gasteiger partial charge < -0.3 is 14.6 Å². The first-order chi connectivity index (χ1) is 13.1. The third-order valence-corrected chi connectivity index (χ3v) is 4.14. The number of carbonyl (C=O) groups excluding carboxylic acids is 1. The van der Waals surface area contributed by atoms with Gasteiger partial charge in [-0.05, 0) is 24.3 Å². The van der Waals surface area contributed by atoms with Crippen LogP contribution in [0.15, 0.2) is 60.3 Å². The lowest BCUT2D eigenvalue weighted by Crippen LogP contribution is -2.19. The van der Waals surface area contributed by atoms with Crippen molar-refractivity contribution in [3.05, 3.63) is 71.7 Å². The highest BCUT2D eigenvalue weighted by Gasteiger charge is 2.11. The Labute approximate surface area is 156 Å². The molecule has 5 nitrogen and oxygen atoms in total. The maximum absolute atomic E-state index is 13.7. The second kappa shape index (κ2) is 8.19. The molecule has 136 valence electrons. The number of ether oxygens (including phenoxy) is 1. The van der Waals surface area contributed by atoms with Crippen molar-refractivity contribution in [2.75, 3.05) is 13.7 Å². The first-order valence-electron chi connectivity index (χ1n) is 8.43. The summed E-state index contributed by atoms with van der Waals surface area (Å²) in [6.45, 7) is 0.772. The molecule has 3 rings (SSSR count). The molecule has 0 saturated carbocycles. The van der Waals surface area contributed by atoms with Crippen molar-refractivity contribution in [1.82, 2.24) is 9.88 Å². The van der Waals surface area contributed by atoms with Gasteiger partial charge in [0.2, 0.25) is 0 Å². The summed E-state index contributed by atoms with van der Waals surface area (Å²) in [7, 11) is 1.48. The fraction of sp³-hybridized carbons (Fsp3) is 0.143. The number of hydrogen-bond acceptors (Lipinski definition) is 3. The van der Waals surface area contributed by atoms with E-state index >= 15 is 0 Å². The van der Waals surface area contributed by atoms with Crippen molar-refractivity contribution in [2.45, 2.75) is 6.54 Å². The second-order valence-corrected chi connectivity index (χ2v) is 5.82. The Morgan fingerprint density at radius 3 is 2.74 bits per heavy atom. The molecule has 0 fully saturated rings. The molecule has 1 amide bonds. The summed E-state index contributed by atoms with van der Waals surface area (Å²) in [5, 5.41) is 12.6. The van der Waals surface area contributed by atoms with Gasteiger partial charge in [-0.2, -0.15) is 5.26 Å². The van der Waals surface area contributed by atoms with Crippen molar-refractivity contribution in [3.8, 4) is 11.8 Å². The van der Waals surface area contributed by atoms with Crippen LogP contribution in [0, 0.1) is 17.1 Å². The van der Waals surface area contributed by atoms with Gasteiger partial charge in [-0.25, -0.2) is 4.39 Å². The number of nitrogens with one attached hydrogen (secondary N) is 1. The number of hydrogen-bond donors (Lipinski definition) is 1. The summed E-state index contributed by atoms with van der Waals surface area (Å²) in [5.41, 5.74) is 1.73. The maximum atomic E-state index is 13.7. The molecule has 0 aliphatic carbocycles. The van der Waals surface area contributed by atoms with E-state index in [9.17, 15) is 14.4 Å². The predicted molar refractivity (Wildman–Crippen MR) is 101 cm³/mol. The van der Waals surface area contributed by atoms with Crippen LogP contribution in [0.2, 0.25) is 0 Å². The number of benzene rings is 2. The molecular formula is C21H18FN3O2. The number of para-hydroxylation sites is 2. The highest BCUT2D eigenvalue weighted by molar-refractivity contribution is 6.03. The van der Waals surface area contributed by atoms with E-state index in [1.807, 2.05) is 41.1 Å². The molecule has 2 aromatic carbocycles. The maximum Gasteiger partial charge on any atom is 0.261 e. The van der Waals surface area contributed by atoms with Gasteiger partial charge in [-0.3, -0.25) is 4.79 Å². The fourth-order valence-electron chi connectivity index (χ4n) is 2.83. The molecule has 0 atom stereocenters. The smallest absolute Gasteiger partial charge is 0.261 e. The Balaban J connectivity index is 1.87. The van der Waals surface area contributed by atoms with Crippen LogP contribution in [-0.2, 0) is 11.3 Å². The predicted octanol–water partition coefficient (Wildman–Crippen LogP) is 3.51. The van der Waals surface area contributed by atoms with Crippen LogP contribution in [0.4, 0.5) is 4.39 Å². The van der Waals surface area contributed by atoms with Gasteiger partial charge >= 0.3 is 0 Å². The topological polar surface area (TPSA) is 67.0 Å². The van der Waals surface area contributed by atoms with E-state index in [-0.39, 0.29) is 17.9 Å². The van der Waals surface area contributed by atoms with Crippen LogP contribution in [0.3, 0.4) is 0 Å². The van der Waals surface area contributed by atoms with Crippen molar-refractivity contribution < 1.29 is 13.9 Å². The molecule has 0 saturated heterocycles. The number of amides is 1. The van der Waals surface area contributed by atoms with E-state index in [0.717, 1.165) is 16.5 Å². The van der Waals surface area contributed by atoms with Crippen LogP contribution in [0.1, 0.15) is 5.56 Å². The first-order valence-corrected chi connectivity index (χ1v) is 8.43. The quantitative estimate of drug-likeness (QED) is 0.538. The zero-order valence-corrected chi connectivity index (χ0v) is 14.8. The Morgan fingerprint density at radius 2 is 2.00 bits per heavy atom. The number of nitrogens with zero attached hydrogens (tertiary/aromatic N) is 2. The van der Waals surface area contributed by atoms with Gasteiger partial charge in [0, 0.05) is 29.7 Å². The summed E-state index contributed by atoms with van der Waals surface area (Å²) in [6, 6.07) is 15.9. The van der Waals surface area contributed by atoms with Crippen LogP contribution in [0.5, 0.6) is 5.75 Å². The summed E-state index contributed by atoms with van der Waals surface area (Å²) in [4.78, 5) is 11.8. The van der Waals surface area contributed by atoms with E-state index in [0.29, 0.717) is 6.54 Å². The van der Waals surface area contributed by atoms with Crippen LogP contribution >= 0.6 is 0 Å².